The second-order valence-electron chi connectivity index (χ2n) is 4.94. The molecule has 21 heavy (non-hydrogen) atoms. The largest absolute Gasteiger partial charge is 0.313 e. The molecule has 0 saturated carbocycles. The number of nitrogens with zero attached hydrogens (tertiary/aromatic N) is 1. The van der Waals surface area contributed by atoms with Crippen molar-refractivity contribution in [1.82, 2.24) is 9.62 Å². The molecule has 0 amide bonds. The average molecular weight is 331 g/mol. The quantitative estimate of drug-likeness (QED) is 0.589. The van der Waals surface area contributed by atoms with Crippen molar-refractivity contribution < 1.29 is 8.42 Å². The van der Waals surface area contributed by atoms with Gasteiger partial charge in [0.15, 0.2) is 0 Å². The van der Waals surface area contributed by atoms with Gasteiger partial charge in [0.05, 0.1) is 4.90 Å². The predicted octanol–water partition coefficient (Wildman–Crippen LogP) is 2.95. The first-order valence-corrected chi connectivity index (χ1v) is 8.73. The maximum Gasteiger partial charge on any atom is 0.243 e. The van der Waals surface area contributed by atoms with Gasteiger partial charge in [0.25, 0.3) is 0 Å². The molecule has 1 aromatic rings. The van der Waals surface area contributed by atoms with Crippen LogP contribution in [0.1, 0.15) is 24.5 Å². The summed E-state index contributed by atoms with van der Waals surface area (Å²) >= 11 is 6.09. The lowest BCUT2D eigenvalue weighted by atomic mass is 10.1. The van der Waals surface area contributed by atoms with Gasteiger partial charge in [-0.15, -0.1) is 6.58 Å². The molecule has 0 bridgehead atoms. The highest BCUT2D eigenvalue weighted by Gasteiger charge is 2.23. The minimum absolute atomic E-state index is 0.257. The van der Waals surface area contributed by atoms with E-state index in [4.69, 9.17) is 11.6 Å². The SMILES string of the molecule is C=CCN(C)S(=O)(=O)c1cc(Cl)cc(CNCCC)c1C. The zero-order chi connectivity index (χ0) is 16.0. The molecule has 0 aliphatic heterocycles. The monoisotopic (exact) mass is 330 g/mol. The molecule has 0 radical (unpaired) electrons. The van der Waals surface area contributed by atoms with Gasteiger partial charge in [0.1, 0.15) is 0 Å². The summed E-state index contributed by atoms with van der Waals surface area (Å²) in [6.07, 6.45) is 2.58. The molecule has 1 N–H and O–H groups in total. The van der Waals surface area contributed by atoms with Crippen LogP contribution in [-0.4, -0.2) is 32.9 Å². The van der Waals surface area contributed by atoms with Crippen molar-refractivity contribution in [1.29, 1.82) is 0 Å². The van der Waals surface area contributed by atoms with Gasteiger partial charge in [-0.2, -0.15) is 4.31 Å². The van der Waals surface area contributed by atoms with Gasteiger partial charge in [-0.3, -0.25) is 0 Å². The average Bonchev–Trinajstić information content (AvgIpc) is 2.42. The van der Waals surface area contributed by atoms with Crippen LogP contribution in [-0.2, 0) is 16.6 Å². The predicted molar refractivity (Wildman–Crippen MR) is 88.2 cm³/mol. The van der Waals surface area contributed by atoms with Crippen LogP contribution in [0.15, 0.2) is 29.7 Å². The molecule has 0 unspecified atom stereocenters. The van der Waals surface area contributed by atoms with Gasteiger partial charge in [-0.05, 0) is 43.1 Å². The van der Waals surface area contributed by atoms with Crippen molar-refractivity contribution in [2.75, 3.05) is 20.1 Å². The Morgan fingerprint density at radius 2 is 2.10 bits per heavy atom. The minimum atomic E-state index is -3.56. The second kappa shape index (κ2) is 7.94. The van der Waals surface area contributed by atoms with Gasteiger partial charge >= 0.3 is 0 Å². The maximum absolute atomic E-state index is 12.6. The van der Waals surface area contributed by atoms with Gasteiger partial charge < -0.3 is 5.32 Å². The first kappa shape index (κ1) is 18.2. The lowest BCUT2D eigenvalue weighted by Gasteiger charge is -2.19. The van der Waals surface area contributed by atoms with Crippen LogP contribution in [0.3, 0.4) is 0 Å². The van der Waals surface area contributed by atoms with Crippen molar-refractivity contribution >= 4 is 21.6 Å². The Labute approximate surface area is 132 Å². The van der Waals surface area contributed by atoms with Crippen LogP contribution in [0.4, 0.5) is 0 Å². The van der Waals surface area contributed by atoms with E-state index < -0.39 is 10.0 Å². The Balaban J connectivity index is 3.21. The lowest BCUT2D eigenvalue weighted by molar-refractivity contribution is 0.498. The molecular formula is C15H23ClN2O2S. The number of nitrogens with one attached hydrogen (secondary N) is 1. The van der Waals surface area contributed by atoms with Gasteiger partial charge in [-0.25, -0.2) is 8.42 Å². The summed E-state index contributed by atoms with van der Waals surface area (Å²) in [5.74, 6) is 0. The Bertz CT molecular complexity index is 600. The molecule has 0 fully saturated rings. The van der Waals surface area contributed by atoms with Gasteiger partial charge in [-0.1, -0.05) is 24.6 Å². The normalized spacial score (nSPS) is 11.9. The third kappa shape index (κ3) is 4.54. The topological polar surface area (TPSA) is 49.4 Å². The third-order valence-corrected chi connectivity index (χ3v) is 5.42. The van der Waals surface area contributed by atoms with Crippen LogP contribution in [0, 0.1) is 6.92 Å². The van der Waals surface area contributed by atoms with E-state index in [0.29, 0.717) is 11.6 Å². The molecule has 0 aliphatic rings. The van der Waals surface area contributed by atoms with Crippen molar-refractivity contribution in [3.05, 3.63) is 40.9 Å². The van der Waals surface area contributed by atoms with Crippen LogP contribution in [0.5, 0.6) is 0 Å². The smallest absolute Gasteiger partial charge is 0.243 e. The number of rotatable bonds is 8. The van der Waals surface area contributed by atoms with Crippen LogP contribution < -0.4 is 5.32 Å². The van der Waals surface area contributed by atoms with E-state index in [-0.39, 0.29) is 11.4 Å². The molecule has 118 valence electrons. The molecule has 1 rings (SSSR count). The Morgan fingerprint density at radius 3 is 2.67 bits per heavy atom. The standard InChI is InChI=1S/C15H23ClN2O2S/c1-5-7-17-11-13-9-14(16)10-15(12(13)3)21(19,20)18(4)8-6-2/h6,9-10,17H,2,5,7-8,11H2,1,3-4H3. The molecule has 0 aliphatic carbocycles. The highest BCUT2D eigenvalue weighted by Crippen LogP contribution is 2.26. The molecule has 6 heteroatoms. The van der Waals surface area contributed by atoms with E-state index in [0.717, 1.165) is 24.1 Å². The second-order valence-corrected chi connectivity index (χ2v) is 7.39. The Kier molecular flexibility index (Phi) is 6.87. The zero-order valence-corrected chi connectivity index (χ0v) is 14.4. The summed E-state index contributed by atoms with van der Waals surface area (Å²) in [4.78, 5) is 0.257. The molecule has 1 aromatic carbocycles. The molecule has 0 spiro atoms. The summed E-state index contributed by atoms with van der Waals surface area (Å²) in [5.41, 5.74) is 1.64. The first-order chi connectivity index (χ1) is 9.84. The first-order valence-electron chi connectivity index (χ1n) is 6.91. The molecule has 0 atom stereocenters. The lowest BCUT2D eigenvalue weighted by Crippen LogP contribution is -2.28. The molecule has 0 heterocycles. The molecular weight excluding hydrogens is 308 g/mol. The summed E-state index contributed by atoms with van der Waals surface area (Å²) in [5, 5.41) is 3.70. The molecule has 4 nitrogen and oxygen atoms in total. The van der Waals surface area contributed by atoms with Crippen LogP contribution in [0.2, 0.25) is 5.02 Å². The van der Waals surface area contributed by atoms with E-state index >= 15 is 0 Å². The number of hydrogen-bond donors (Lipinski definition) is 1. The van der Waals surface area contributed by atoms with E-state index in [9.17, 15) is 8.42 Å². The van der Waals surface area contributed by atoms with Crippen molar-refractivity contribution in [2.24, 2.45) is 0 Å². The van der Waals surface area contributed by atoms with Crippen molar-refractivity contribution in [2.45, 2.75) is 31.7 Å². The summed E-state index contributed by atoms with van der Waals surface area (Å²) in [7, 11) is -2.02. The number of hydrogen-bond acceptors (Lipinski definition) is 3. The van der Waals surface area contributed by atoms with E-state index in [1.807, 2.05) is 13.0 Å². The summed E-state index contributed by atoms with van der Waals surface area (Å²) in [6.45, 7) is 9.21. The number of sulfonamides is 1. The summed E-state index contributed by atoms with van der Waals surface area (Å²) in [6, 6.07) is 3.32. The molecule has 0 saturated heterocycles. The molecule has 0 aromatic heterocycles. The number of benzene rings is 1. The van der Waals surface area contributed by atoms with Gasteiger partial charge in [0, 0.05) is 25.2 Å². The Morgan fingerprint density at radius 1 is 1.43 bits per heavy atom. The van der Waals surface area contributed by atoms with Crippen LogP contribution >= 0.6 is 11.6 Å². The fraction of sp³-hybridized carbons (Fsp3) is 0.467. The van der Waals surface area contributed by atoms with Crippen LogP contribution in [0.25, 0.3) is 0 Å². The van der Waals surface area contributed by atoms with Crippen molar-refractivity contribution in [3.8, 4) is 0 Å². The fourth-order valence-electron chi connectivity index (χ4n) is 2.01. The van der Waals surface area contributed by atoms with Crippen molar-refractivity contribution in [3.63, 3.8) is 0 Å². The zero-order valence-electron chi connectivity index (χ0n) is 12.8. The van der Waals surface area contributed by atoms with E-state index in [2.05, 4.69) is 18.8 Å². The van der Waals surface area contributed by atoms with E-state index in [1.165, 1.54) is 17.4 Å². The third-order valence-electron chi connectivity index (χ3n) is 3.25. The maximum atomic E-state index is 12.6. The number of halogens is 1. The Hall–Kier alpha value is -0.880. The van der Waals surface area contributed by atoms with Gasteiger partial charge in [0.2, 0.25) is 10.0 Å². The highest BCUT2D eigenvalue weighted by molar-refractivity contribution is 7.89. The number of likely N-dealkylation sites (N-methyl/N-ethyl adjacent to an activating group) is 1. The summed E-state index contributed by atoms with van der Waals surface area (Å²) < 4.78 is 26.4. The van der Waals surface area contributed by atoms with E-state index in [1.54, 1.807) is 6.08 Å². The highest BCUT2D eigenvalue weighted by atomic mass is 35.5. The minimum Gasteiger partial charge on any atom is -0.313 e. The fourth-order valence-corrected chi connectivity index (χ4v) is 3.74.